The van der Waals surface area contributed by atoms with Gasteiger partial charge in [0.05, 0.1) is 0 Å². The molecule has 0 unspecified atom stereocenters. The number of fused-ring (bicyclic) bond motifs is 1. The monoisotopic (exact) mass is 496 g/mol. The van der Waals surface area contributed by atoms with Crippen LogP contribution >= 0.6 is 0 Å². The maximum absolute atomic E-state index is 14.9. The van der Waals surface area contributed by atoms with E-state index < -0.39 is 0 Å². The van der Waals surface area contributed by atoms with Gasteiger partial charge in [0.1, 0.15) is 5.82 Å². The molecule has 0 bridgehead atoms. The molecule has 1 saturated carbocycles. The van der Waals surface area contributed by atoms with Gasteiger partial charge in [-0.05, 0) is 78.3 Å². The van der Waals surface area contributed by atoms with E-state index in [1.807, 2.05) is 30.3 Å². The van der Waals surface area contributed by atoms with E-state index in [1.165, 1.54) is 69.8 Å². The summed E-state index contributed by atoms with van der Waals surface area (Å²) in [6, 6.07) is 18.6. The highest BCUT2D eigenvalue weighted by atomic mass is 19.1. The molecule has 0 aliphatic heterocycles. The van der Waals surface area contributed by atoms with Crippen molar-refractivity contribution < 1.29 is 4.39 Å². The number of hydrogen-bond donors (Lipinski definition) is 0. The molecule has 0 spiro atoms. The standard InChI is InChI=1S/C36H45F/c1-3-5-7-9-28-11-13-29(14-12-28)15-16-30-17-19-31(20-18-30)21-22-32-23-26-35-34(27-32)25-24-33(36(35)37)10-8-6-4-2/h17-20,23-29H,3-16H2,1-2H3. The zero-order chi connectivity index (χ0) is 25.9. The first kappa shape index (κ1) is 27.4. The molecule has 0 heterocycles. The maximum atomic E-state index is 14.9. The molecule has 0 atom stereocenters. The van der Waals surface area contributed by atoms with Crippen LogP contribution in [0.2, 0.25) is 0 Å². The summed E-state index contributed by atoms with van der Waals surface area (Å²) in [7, 11) is 0. The molecule has 0 nitrogen and oxygen atoms in total. The van der Waals surface area contributed by atoms with Gasteiger partial charge in [-0.25, -0.2) is 4.39 Å². The van der Waals surface area contributed by atoms with Gasteiger partial charge in [0.25, 0.3) is 0 Å². The molecule has 0 N–H and O–H groups in total. The highest BCUT2D eigenvalue weighted by Crippen LogP contribution is 2.34. The van der Waals surface area contributed by atoms with Crippen LogP contribution in [0, 0.1) is 29.5 Å². The fourth-order valence-corrected chi connectivity index (χ4v) is 5.94. The van der Waals surface area contributed by atoms with Crippen molar-refractivity contribution in [1.29, 1.82) is 0 Å². The Kier molecular flexibility index (Phi) is 10.7. The maximum Gasteiger partial charge on any atom is 0.134 e. The first-order valence-electron chi connectivity index (χ1n) is 15.0. The molecule has 4 rings (SSSR count). The van der Waals surface area contributed by atoms with Crippen molar-refractivity contribution in [2.45, 2.75) is 104 Å². The lowest BCUT2D eigenvalue weighted by Crippen LogP contribution is -2.15. The number of hydrogen-bond acceptors (Lipinski definition) is 0. The third kappa shape index (κ3) is 8.20. The van der Waals surface area contributed by atoms with Gasteiger partial charge in [0, 0.05) is 16.5 Å². The minimum atomic E-state index is -0.0660. The van der Waals surface area contributed by atoms with Crippen molar-refractivity contribution in [3.8, 4) is 11.8 Å². The summed E-state index contributed by atoms with van der Waals surface area (Å²) in [5.41, 5.74) is 4.22. The van der Waals surface area contributed by atoms with E-state index >= 15 is 0 Å². The Bertz CT molecular complexity index is 1170. The summed E-state index contributed by atoms with van der Waals surface area (Å²) in [4.78, 5) is 0. The highest BCUT2D eigenvalue weighted by molar-refractivity contribution is 5.85. The number of rotatable bonds is 11. The van der Waals surface area contributed by atoms with Crippen LogP contribution in [0.15, 0.2) is 54.6 Å². The molecular weight excluding hydrogens is 451 g/mol. The Labute approximate surface area is 225 Å². The number of halogens is 1. The number of unbranched alkanes of at least 4 members (excludes halogenated alkanes) is 4. The molecule has 37 heavy (non-hydrogen) atoms. The normalized spacial score (nSPS) is 17.5. The number of aryl methyl sites for hydroxylation is 2. The van der Waals surface area contributed by atoms with Gasteiger partial charge in [-0.3, -0.25) is 0 Å². The summed E-state index contributed by atoms with van der Waals surface area (Å²) in [5, 5.41) is 1.63. The second-order valence-electron chi connectivity index (χ2n) is 11.3. The van der Waals surface area contributed by atoms with E-state index in [1.54, 1.807) is 0 Å². The smallest absolute Gasteiger partial charge is 0.134 e. The van der Waals surface area contributed by atoms with Gasteiger partial charge in [0.2, 0.25) is 0 Å². The third-order valence-corrected chi connectivity index (χ3v) is 8.41. The lowest BCUT2D eigenvalue weighted by atomic mass is 9.78. The minimum Gasteiger partial charge on any atom is -0.206 e. The van der Waals surface area contributed by atoms with Crippen LogP contribution in [-0.4, -0.2) is 0 Å². The van der Waals surface area contributed by atoms with Gasteiger partial charge in [-0.1, -0.05) is 120 Å². The molecule has 1 fully saturated rings. The predicted molar refractivity (Wildman–Crippen MR) is 157 cm³/mol. The summed E-state index contributed by atoms with van der Waals surface area (Å²) in [5.74, 6) is 8.42. The molecule has 3 aromatic carbocycles. The lowest BCUT2D eigenvalue weighted by Gasteiger charge is -2.28. The highest BCUT2D eigenvalue weighted by Gasteiger charge is 2.20. The Morgan fingerprint density at radius 2 is 1.32 bits per heavy atom. The van der Waals surface area contributed by atoms with E-state index in [0.717, 1.165) is 59.6 Å². The summed E-state index contributed by atoms with van der Waals surface area (Å²) in [6.07, 6.45) is 18.0. The third-order valence-electron chi connectivity index (χ3n) is 8.41. The summed E-state index contributed by atoms with van der Waals surface area (Å²) >= 11 is 0. The van der Waals surface area contributed by atoms with Crippen molar-refractivity contribution in [1.82, 2.24) is 0 Å². The van der Waals surface area contributed by atoms with Crippen molar-refractivity contribution in [3.05, 3.63) is 82.7 Å². The average molecular weight is 497 g/mol. The zero-order valence-corrected chi connectivity index (χ0v) is 23.1. The Morgan fingerprint density at radius 1 is 0.676 bits per heavy atom. The Hall–Kier alpha value is -2.59. The SMILES string of the molecule is CCCCCc1ccc2cc(C#Cc3ccc(CCC4CCC(CCCCC)CC4)cc3)ccc2c1F. The second-order valence-corrected chi connectivity index (χ2v) is 11.3. The van der Waals surface area contributed by atoms with Gasteiger partial charge >= 0.3 is 0 Å². The molecule has 0 amide bonds. The molecule has 0 aromatic heterocycles. The number of benzene rings is 3. The molecule has 0 saturated heterocycles. The van der Waals surface area contributed by atoms with Crippen molar-refractivity contribution in [2.24, 2.45) is 11.8 Å². The van der Waals surface area contributed by atoms with Crippen LogP contribution < -0.4 is 0 Å². The van der Waals surface area contributed by atoms with E-state index in [4.69, 9.17) is 0 Å². The van der Waals surface area contributed by atoms with Gasteiger partial charge in [-0.2, -0.15) is 0 Å². The topological polar surface area (TPSA) is 0 Å². The van der Waals surface area contributed by atoms with E-state index in [9.17, 15) is 4.39 Å². The van der Waals surface area contributed by atoms with Gasteiger partial charge < -0.3 is 0 Å². The molecular formula is C36H45F. The molecule has 1 heteroatoms. The van der Waals surface area contributed by atoms with E-state index in [-0.39, 0.29) is 5.82 Å². The van der Waals surface area contributed by atoms with Crippen molar-refractivity contribution in [3.63, 3.8) is 0 Å². The van der Waals surface area contributed by atoms with Crippen LogP contribution in [0.4, 0.5) is 4.39 Å². The van der Waals surface area contributed by atoms with Crippen LogP contribution in [0.25, 0.3) is 10.8 Å². The Balaban J connectivity index is 1.28. The molecule has 1 aliphatic carbocycles. The van der Waals surface area contributed by atoms with E-state index in [0.29, 0.717) is 5.39 Å². The van der Waals surface area contributed by atoms with Crippen LogP contribution in [-0.2, 0) is 12.8 Å². The average Bonchev–Trinajstić information content (AvgIpc) is 2.93. The lowest BCUT2D eigenvalue weighted by molar-refractivity contribution is 0.249. The minimum absolute atomic E-state index is 0.0660. The molecule has 3 aromatic rings. The molecule has 196 valence electrons. The largest absolute Gasteiger partial charge is 0.206 e. The summed E-state index contributed by atoms with van der Waals surface area (Å²) in [6.45, 7) is 4.48. The first-order valence-corrected chi connectivity index (χ1v) is 15.0. The van der Waals surface area contributed by atoms with Gasteiger partial charge in [0.15, 0.2) is 0 Å². The van der Waals surface area contributed by atoms with Crippen molar-refractivity contribution >= 4 is 10.8 Å². The summed E-state index contributed by atoms with van der Waals surface area (Å²) < 4.78 is 14.9. The second kappa shape index (κ2) is 14.4. The van der Waals surface area contributed by atoms with Crippen molar-refractivity contribution in [2.75, 3.05) is 0 Å². The van der Waals surface area contributed by atoms with Crippen LogP contribution in [0.5, 0.6) is 0 Å². The molecule has 1 aliphatic rings. The van der Waals surface area contributed by atoms with E-state index in [2.05, 4.69) is 50.0 Å². The van der Waals surface area contributed by atoms with Gasteiger partial charge in [-0.15, -0.1) is 0 Å². The zero-order valence-electron chi connectivity index (χ0n) is 23.1. The predicted octanol–water partition coefficient (Wildman–Crippen LogP) is 10.4. The quantitative estimate of drug-likeness (QED) is 0.183. The fraction of sp³-hybridized carbons (Fsp3) is 0.500. The first-order chi connectivity index (χ1) is 18.2. The molecule has 0 radical (unpaired) electrons. The fourth-order valence-electron chi connectivity index (χ4n) is 5.94. The van der Waals surface area contributed by atoms with Crippen LogP contribution in [0.1, 0.15) is 113 Å². The van der Waals surface area contributed by atoms with Crippen LogP contribution in [0.3, 0.4) is 0 Å². The Morgan fingerprint density at radius 3 is 2.05 bits per heavy atom.